The number of carbonyl (C=O) groups excluding carboxylic acids is 1. The zero-order chi connectivity index (χ0) is 14.7. The van der Waals surface area contributed by atoms with Gasteiger partial charge in [-0.3, -0.25) is 4.79 Å². The third kappa shape index (κ3) is 2.47. The van der Waals surface area contributed by atoms with Crippen LogP contribution in [0.25, 0.3) is 0 Å². The highest BCUT2D eigenvalue weighted by Gasteiger charge is 2.46. The quantitative estimate of drug-likeness (QED) is 0.887. The molecule has 2 N–H and O–H groups in total. The minimum atomic E-state index is -0.492. The van der Waals surface area contributed by atoms with E-state index in [4.69, 9.17) is 4.42 Å². The lowest BCUT2D eigenvalue weighted by Gasteiger charge is -2.41. The second-order valence-electron chi connectivity index (χ2n) is 5.53. The van der Waals surface area contributed by atoms with E-state index in [1.54, 1.807) is 18.4 Å². The number of rotatable bonds is 5. The zero-order valence-electron chi connectivity index (χ0n) is 11.8. The molecule has 1 saturated carbocycles. The molecule has 3 rings (SSSR count). The first-order chi connectivity index (χ1) is 10.3. The average molecular weight is 285 g/mol. The van der Waals surface area contributed by atoms with Crippen molar-refractivity contribution in [3.63, 3.8) is 0 Å². The maximum absolute atomic E-state index is 12.7. The molecule has 4 heteroatoms. The number of hydrogen-bond acceptors (Lipinski definition) is 3. The summed E-state index contributed by atoms with van der Waals surface area (Å²) in [6, 6.07) is 12.9. The molecule has 4 nitrogen and oxygen atoms in total. The van der Waals surface area contributed by atoms with Gasteiger partial charge in [-0.2, -0.15) is 0 Å². The largest absolute Gasteiger partial charge is 0.467 e. The first kappa shape index (κ1) is 13.9. The van der Waals surface area contributed by atoms with Gasteiger partial charge in [0.2, 0.25) is 5.91 Å². The minimum absolute atomic E-state index is 0.0320. The molecule has 1 aromatic carbocycles. The van der Waals surface area contributed by atoms with Crippen molar-refractivity contribution in [1.82, 2.24) is 5.32 Å². The molecule has 0 bridgehead atoms. The molecule has 0 aliphatic heterocycles. The predicted molar refractivity (Wildman–Crippen MR) is 78.6 cm³/mol. The van der Waals surface area contributed by atoms with Crippen LogP contribution in [0.5, 0.6) is 0 Å². The summed E-state index contributed by atoms with van der Waals surface area (Å²) in [5.41, 5.74) is 0.589. The molecule has 0 radical (unpaired) electrons. The highest BCUT2D eigenvalue weighted by atomic mass is 16.3. The summed E-state index contributed by atoms with van der Waals surface area (Å²) in [5, 5.41) is 12.4. The van der Waals surface area contributed by atoms with Gasteiger partial charge in [0.05, 0.1) is 18.3 Å². The third-order valence-corrected chi connectivity index (χ3v) is 4.34. The van der Waals surface area contributed by atoms with Gasteiger partial charge in [0.25, 0.3) is 0 Å². The maximum atomic E-state index is 12.7. The van der Waals surface area contributed by atoms with Crippen molar-refractivity contribution in [3.8, 4) is 0 Å². The minimum Gasteiger partial charge on any atom is -0.467 e. The standard InChI is InChI=1S/C17H19NO3/c19-12-14(15-8-4-11-21-15)18-16(20)17(9-5-10-17)13-6-2-1-3-7-13/h1-4,6-8,11,14,19H,5,9-10,12H2,(H,18,20). The number of hydrogen-bond donors (Lipinski definition) is 2. The first-order valence-electron chi connectivity index (χ1n) is 7.27. The van der Waals surface area contributed by atoms with E-state index in [0.29, 0.717) is 5.76 Å². The lowest BCUT2D eigenvalue weighted by atomic mass is 9.63. The van der Waals surface area contributed by atoms with Crippen molar-refractivity contribution in [2.24, 2.45) is 0 Å². The van der Waals surface area contributed by atoms with E-state index >= 15 is 0 Å². The van der Waals surface area contributed by atoms with Gasteiger partial charge in [-0.15, -0.1) is 0 Å². The molecule has 1 fully saturated rings. The number of furan rings is 1. The van der Waals surface area contributed by atoms with E-state index in [9.17, 15) is 9.90 Å². The summed E-state index contributed by atoms with van der Waals surface area (Å²) in [5.74, 6) is 0.545. The van der Waals surface area contributed by atoms with Crippen LogP contribution >= 0.6 is 0 Å². The van der Waals surface area contributed by atoms with Gasteiger partial charge in [-0.05, 0) is 30.5 Å². The fourth-order valence-corrected chi connectivity index (χ4v) is 2.93. The molecule has 0 spiro atoms. The van der Waals surface area contributed by atoms with Crippen LogP contribution in [0, 0.1) is 0 Å². The van der Waals surface area contributed by atoms with Crippen LogP contribution in [-0.4, -0.2) is 17.6 Å². The van der Waals surface area contributed by atoms with Crippen LogP contribution < -0.4 is 5.32 Å². The van der Waals surface area contributed by atoms with E-state index in [1.165, 1.54) is 0 Å². The van der Waals surface area contributed by atoms with Gasteiger partial charge >= 0.3 is 0 Å². The molecule has 1 aromatic heterocycles. The highest BCUT2D eigenvalue weighted by Crippen LogP contribution is 2.44. The van der Waals surface area contributed by atoms with E-state index in [1.807, 2.05) is 30.3 Å². The van der Waals surface area contributed by atoms with Crippen LogP contribution in [0.1, 0.15) is 36.6 Å². The van der Waals surface area contributed by atoms with Gasteiger partial charge in [-0.25, -0.2) is 0 Å². The van der Waals surface area contributed by atoms with Gasteiger partial charge in [0.1, 0.15) is 11.8 Å². The summed E-state index contributed by atoms with van der Waals surface area (Å²) in [4.78, 5) is 12.7. The number of nitrogens with one attached hydrogen (secondary N) is 1. The van der Waals surface area contributed by atoms with Crippen molar-refractivity contribution in [2.45, 2.75) is 30.7 Å². The Bertz CT molecular complexity index is 588. The van der Waals surface area contributed by atoms with Crippen LogP contribution in [0.2, 0.25) is 0 Å². The van der Waals surface area contributed by atoms with Crippen LogP contribution in [-0.2, 0) is 10.2 Å². The second kappa shape index (κ2) is 5.74. The molecule has 1 unspecified atom stereocenters. The molecular weight excluding hydrogens is 266 g/mol. The topological polar surface area (TPSA) is 62.5 Å². The Morgan fingerprint density at radius 1 is 1.24 bits per heavy atom. The smallest absolute Gasteiger partial charge is 0.231 e. The Labute approximate surface area is 123 Å². The third-order valence-electron chi connectivity index (χ3n) is 4.34. The number of aliphatic hydroxyl groups excluding tert-OH is 1. The Morgan fingerprint density at radius 2 is 2.00 bits per heavy atom. The van der Waals surface area contributed by atoms with Crippen molar-refractivity contribution in [1.29, 1.82) is 0 Å². The zero-order valence-corrected chi connectivity index (χ0v) is 11.8. The molecule has 110 valence electrons. The molecule has 0 saturated heterocycles. The first-order valence-corrected chi connectivity index (χ1v) is 7.27. The Kier molecular flexibility index (Phi) is 3.80. The van der Waals surface area contributed by atoms with Crippen molar-refractivity contribution < 1.29 is 14.3 Å². The van der Waals surface area contributed by atoms with Crippen molar-refractivity contribution in [3.05, 3.63) is 60.1 Å². The van der Waals surface area contributed by atoms with E-state index in [2.05, 4.69) is 5.32 Å². The van der Waals surface area contributed by atoms with Gasteiger partial charge in [-0.1, -0.05) is 36.8 Å². The number of amides is 1. The van der Waals surface area contributed by atoms with E-state index in [0.717, 1.165) is 24.8 Å². The Hall–Kier alpha value is -2.07. The predicted octanol–water partition coefficient (Wildman–Crippen LogP) is 2.55. The number of aliphatic hydroxyl groups is 1. The van der Waals surface area contributed by atoms with Gasteiger partial charge < -0.3 is 14.8 Å². The normalized spacial score (nSPS) is 17.8. The summed E-state index contributed by atoms with van der Waals surface area (Å²) in [6.45, 7) is -0.176. The van der Waals surface area contributed by atoms with Crippen LogP contribution in [0.15, 0.2) is 53.1 Å². The number of carbonyl (C=O) groups is 1. The number of benzene rings is 1. The summed E-state index contributed by atoms with van der Waals surface area (Å²) in [6.07, 6.45) is 4.28. The van der Waals surface area contributed by atoms with Crippen LogP contribution in [0.4, 0.5) is 0 Å². The molecule has 2 aromatic rings. The molecule has 21 heavy (non-hydrogen) atoms. The molecular formula is C17H19NO3. The summed E-state index contributed by atoms with van der Waals surface area (Å²) >= 11 is 0. The van der Waals surface area contributed by atoms with Gasteiger partial charge in [0, 0.05) is 0 Å². The average Bonchev–Trinajstić information content (AvgIpc) is 2.99. The van der Waals surface area contributed by atoms with E-state index < -0.39 is 11.5 Å². The second-order valence-corrected chi connectivity index (χ2v) is 5.53. The Morgan fingerprint density at radius 3 is 2.52 bits per heavy atom. The van der Waals surface area contributed by atoms with Crippen LogP contribution in [0.3, 0.4) is 0 Å². The molecule has 1 amide bonds. The lowest BCUT2D eigenvalue weighted by Crippen LogP contribution is -2.50. The highest BCUT2D eigenvalue weighted by molar-refractivity contribution is 5.89. The fourth-order valence-electron chi connectivity index (χ4n) is 2.93. The Balaban J connectivity index is 1.80. The summed E-state index contributed by atoms with van der Waals surface area (Å²) < 4.78 is 5.28. The van der Waals surface area contributed by atoms with E-state index in [-0.39, 0.29) is 12.5 Å². The summed E-state index contributed by atoms with van der Waals surface area (Å²) in [7, 11) is 0. The molecule has 1 atom stereocenters. The maximum Gasteiger partial charge on any atom is 0.231 e. The molecule has 1 heterocycles. The monoisotopic (exact) mass is 285 g/mol. The fraction of sp³-hybridized carbons (Fsp3) is 0.353. The lowest BCUT2D eigenvalue weighted by molar-refractivity contribution is -0.131. The molecule has 1 aliphatic carbocycles. The van der Waals surface area contributed by atoms with Crippen molar-refractivity contribution in [2.75, 3.05) is 6.61 Å². The van der Waals surface area contributed by atoms with Crippen molar-refractivity contribution >= 4 is 5.91 Å². The SMILES string of the molecule is O=C(NC(CO)c1ccco1)C1(c2ccccc2)CCC1. The van der Waals surface area contributed by atoms with Gasteiger partial charge in [0.15, 0.2) is 0 Å². The molecule has 1 aliphatic rings.